The van der Waals surface area contributed by atoms with Crippen LogP contribution in [0.4, 0.5) is 11.4 Å². The van der Waals surface area contributed by atoms with Gasteiger partial charge in [-0.2, -0.15) is 5.06 Å². The molecule has 9 atom stereocenters. The number of carbonyl (C=O) groups is 2. The summed E-state index contributed by atoms with van der Waals surface area (Å²) in [6.45, 7) is 9.05. The Morgan fingerprint density at radius 2 is 1.69 bits per heavy atom. The van der Waals surface area contributed by atoms with E-state index in [1.165, 1.54) is 6.42 Å². The first-order chi connectivity index (χ1) is 27.9. The van der Waals surface area contributed by atoms with Crippen molar-refractivity contribution >= 4 is 23.2 Å². The molecule has 0 spiro atoms. The lowest BCUT2D eigenvalue weighted by atomic mass is 9.45. The number of nitrogens with zero attached hydrogens (tertiary/aromatic N) is 4. The molecule has 2 amide bonds. The van der Waals surface area contributed by atoms with Gasteiger partial charge in [0.25, 0.3) is 5.91 Å². The number of ether oxygens (including phenoxy) is 1. The highest BCUT2D eigenvalue weighted by Crippen LogP contribution is 2.61. The SMILES string of the molecule is COc1c(CN2O[C@@H](CO)[C@@H]([C@H](C)O)[C@H]2C(=O)N[C@H]2C[C@@H]3C[C@@H]([C@@H]2C)C3(C)C)cccc1-c1cc(C(=O)N[C@@H](Cc2ccccc2N(C)C)CN(C)C)cc(N(C)C)c1. The van der Waals surface area contributed by atoms with Crippen molar-refractivity contribution < 1.29 is 29.4 Å². The number of likely N-dealkylation sites (N-methyl/N-ethyl adjacent to an activating group) is 1. The molecular weight excluding hydrogens is 745 g/mol. The van der Waals surface area contributed by atoms with Crippen molar-refractivity contribution in [2.75, 3.05) is 72.3 Å². The molecule has 0 radical (unpaired) electrons. The zero-order chi connectivity index (χ0) is 42.9. The van der Waals surface area contributed by atoms with E-state index in [1.807, 2.05) is 95.7 Å². The largest absolute Gasteiger partial charge is 0.496 e. The van der Waals surface area contributed by atoms with E-state index in [0.29, 0.717) is 42.0 Å². The molecule has 3 aromatic carbocycles. The molecule has 12 heteroatoms. The predicted molar refractivity (Wildman–Crippen MR) is 235 cm³/mol. The van der Waals surface area contributed by atoms with Gasteiger partial charge in [-0.1, -0.05) is 57.2 Å². The van der Waals surface area contributed by atoms with Crippen LogP contribution in [0.5, 0.6) is 5.75 Å². The van der Waals surface area contributed by atoms with Crippen LogP contribution in [0, 0.1) is 29.1 Å². The Hall–Kier alpha value is -4.20. The Kier molecular flexibility index (Phi) is 13.7. The summed E-state index contributed by atoms with van der Waals surface area (Å²) >= 11 is 0. The smallest absolute Gasteiger partial charge is 0.251 e. The second kappa shape index (κ2) is 18.2. The molecule has 4 fully saturated rings. The van der Waals surface area contributed by atoms with E-state index in [4.69, 9.17) is 9.57 Å². The molecule has 1 saturated heterocycles. The number of rotatable bonds is 16. The molecule has 1 heterocycles. The summed E-state index contributed by atoms with van der Waals surface area (Å²) in [7, 11) is 13.6. The number of nitrogens with one attached hydrogen (secondary N) is 2. The Morgan fingerprint density at radius 1 is 0.983 bits per heavy atom. The van der Waals surface area contributed by atoms with Gasteiger partial charge in [0.1, 0.15) is 17.9 Å². The second-order valence-electron chi connectivity index (χ2n) is 18.6. The molecule has 0 unspecified atom stereocenters. The number of carbonyl (C=O) groups excluding carboxylic acids is 2. The third-order valence-electron chi connectivity index (χ3n) is 13.6. The monoisotopic (exact) mass is 813 g/mol. The molecule has 2 bridgehead atoms. The van der Waals surface area contributed by atoms with Crippen molar-refractivity contribution in [3.8, 4) is 16.9 Å². The van der Waals surface area contributed by atoms with Gasteiger partial charge in [-0.3, -0.25) is 14.4 Å². The van der Waals surface area contributed by atoms with Crippen molar-refractivity contribution in [2.45, 2.75) is 83.8 Å². The molecule has 322 valence electrons. The average molecular weight is 813 g/mol. The lowest BCUT2D eigenvalue weighted by molar-refractivity contribution is -0.183. The number of benzene rings is 3. The van der Waals surface area contributed by atoms with E-state index in [-0.39, 0.29) is 42.5 Å². The topological polar surface area (TPSA) is 130 Å². The van der Waals surface area contributed by atoms with Gasteiger partial charge in [0.2, 0.25) is 5.91 Å². The highest BCUT2D eigenvalue weighted by molar-refractivity contribution is 5.97. The summed E-state index contributed by atoms with van der Waals surface area (Å²) in [6.07, 6.45) is 1.12. The van der Waals surface area contributed by atoms with Crippen LogP contribution in [-0.4, -0.2) is 125 Å². The van der Waals surface area contributed by atoms with Crippen LogP contribution in [0.2, 0.25) is 0 Å². The number of aliphatic hydroxyl groups excluding tert-OH is 2. The first-order valence-corrected chi connectivity index (χ1v) is 21.2. The molecule has 3 aromatic rings. The standard InChI is InChI=1S/C47H68N6O6/c1-28-38-23-34(47(38,3)4)24-39(28)49-46(57)43-42(29(2)55)41(27-54)59-53(43)25-31-16-14-17-37(44(31)58-11)32-19-33(22-36(21-32)51(7)8)45(56)48-35(26-50(5)6)20-30-15-12-13-18-40(30)52(9)10/h12-19,21-22,28-29,34-35,38-39,41-43,54-55H,20,23-27H2,1-11H3,(H,48,56)(H,49,57)/t28-,29-,34-,35-,38-,39-,41-,42+,43-/m0/s1. The molecule has 1 aliphatic heterocycles. The zero-order valence-corrected chi connectivity index (χ0v) is 37.0. The number of amides is 2. The average Bonchev–Trinajstić information content (AvgIpc) is 3.56. The number of anilines is 2. The fourth-order valence-electron chi connectivity index (χ4n) is 10.2. The molecule has 12 nitrogen and oxygen atoms in total. The zero-order valence-electron chi connectivity index (χ0n) is 37.0. The van der Waals surface area contributed by atoms with Crippen molar-refractivity contribution in [1.82, 2.24) is 20.6 Å². The molecule has 7 rings (SSSR count). The van der Waals surface area contributed by atoms with Gasteiger partial charge < -0.3 is 40.3 Å². The van der Waals surface area contributed by atoms with Gasteiger partial charge in [-0.15, -0.1) is 0 Å². The highest BCUT2D eigenvalue weighted by Gasteiger charge is 2.57. The minimum Gasteiger partial charge on any atom is -0.496 e. The summed E-state index contributed by atoms with van der Waals surface area (Å²) in [6, 6.07) is 19.0. The third kappa shape index (κ3) is 9.27. The maximum Gasteiger partial charge on any atom is 0.251 e. The van der Waals surface area contributed by atoms with Crippen LogP contribution in [0.3, 0.4) is 0 Å². The Labute approximate surface area is 351 Å². The van der Waals surface area contributed by atoms with E-state index in [9.17, 15) is 19.8 Å². The maximum atomic E-state index is 14.3. The van der Waals surface area contributed by atoms with E-state index in [1.54, 1.807) is 19.1 Å². The highest BCUT2D eigenvalue weighted by atomic mass is 16.7. The van der Waals surface area contributed by atoms with Crippen LogP contribution < -0.4 is 25.2 Å². The van der Waals surface area contributed by atoms with Gasteiger partial charge in [0, 0.05) is 80.8 Å². The third-order valence-corrected chi connectivity index (χ3v) is 13.6. The molecule has 59 heavy (non-hydrogen) atoms. The van der Waals surface area contributed by atoms with Crippen LogP contribution >= 0.6 is 0 Å². The van der Waals surface area contributed by atoms with Gasteiger partial charge in [-0.25, -0.2) is 0 Å². The minimum absolute atomic E-state index is 0.0317. The van der Waals surface area contributed by atoms with Gasteiger partial charge in [0.05, 0.1) is 26.4 Å². The van der Waals surface area contributed by atoms with Crippen molar-refractivity contribution in [3.63, 3.8) is 0 Å². The number of fused-ring (bicyclic) bond motifs is 2. The van der Waals surface area contributed by atoms with Crippen LogP contribution in [-0.2, 0) is 22.6 Å². The molecule has 3 aliphatic carbocycles. The van der Waals surface area contributed by atoms with Gasteiger partial charge >= 0.3 is 0 Å². The summed E-state index contributed by atoms with van der Waals surface area (Å²) in [5, 5.41) is 29.7. The van der Waals surface area contributed by atoms with Crippen molar-refractivity contribution in [3.05, 3.63) is 77.4 Å². The first kappa shape index (κ1) is 44.4. The quantitative estimate of drug-likeness (QED) is 0.156. The van der Waals surface area contributed by atoms with E-state index >= 15 is 0 Å². The van der Waals surface area contributed by atoms with Crippen molar-refractivity contribution in [1.29, 1.82) is 0 Å². The number of hydrogen-bond donors (Lipinski definition) is 4. The minimum atomic E-state index is -0.907. The maximum absolute atomic E-state index is 14.3. The van der Waals surface area contributed by atoms with Crippen LogP contribution in [0.25, 0.3) is 11.1 Å². The van der Waals surface area contributed by atoms with E-state index in [2.05, 4.69) is 53.3 Å². The normalized spacial score (nSPS) is 25.8. The number of hydroxylamine groups is 2. The van der Waals surface area contributed by atoms with E-state index in [0.717, 1.165) is 40.0 Å². The fraction of sp³-hybridized carbons (Fsp3) is 0.574. The molecule has 0 aromatic heterocycles. The van der Waals surface area contributed by atoms with Crippen LogP contribution in [0.1, 0.15) is 62.0 Å². The summed E-state index contributed by atoms with van der Waals surface area (Å²) in [5.74, 6) is 0.994. The van der Waals surface area contributed by atoms with E-state index < -0.39 is 24.2 Å². The number of aliphatic hydroxyl groups is 2. The fourth-order valence-corrected chi connectivity index (χ4v) is 10.2. The number of methoxy groups -OCH3 is 1. The van der Waals surface area contributed by atoms with Crippen molar-refractivity contribution in [2.24, 2.45) is 29.1 Å². The predicted octanol–water partition coefficient (Wildman–Crippen LogP) is 5.06. The molecule has 4 N–H and O–H groups in total. The molecule has 3 saturated carbocycles. The molecule has 4 aliphatic rings. The lowest BCUT2D eigenvalue weighted by Gasteiger charge is -2.62. The second-order valence-corrected chi connectivity index (χ2v) is 18.6. The lowest BCUT2D eigenvalue weighted by Crippen LogP contribution is -2.62. The first-order valence-electron chi connectivity index (χ1n) is 21.2. The van der Waals surface area contributed by atoms with Gasteiger partial charge in [0.15, 0.2) is 0 Å². The summed E-state index contributed by atoms with van der Waals surface area (Å²) < 4.78 is 6.14. The molecular formula is C47H68N6O6. The van der Waals surface area contributed by atoms with Gasteiger partial charge in [-0.05, 0) is 98.8 Å². The Bertz CT molecular complexity index is 1950. The Balaban J connectivity index is 1.29. The Morgan fingerprint density at radius 3 is 2.31 bits per heavy atom. The summed E-state index contributed by atoms with van der Waals surface area (Å²) in [5.41, 5.74) is 6.25. The number of para-hydroxylation sites is 2. The summed E-state index contributed by atoms with van der Waals surface area (Å²) in [4.78, 5) is 41.0. The van der Waals surface area contributed by atoms with Crippen LogP contribution in [0.15, 0.2) is 60.7 Å². The number of hydrogen-bond acceptors (Lipinski definition) is 10.